The van der Waals surface area contributed by atoms with Crippen molar-refractivity contribution in [2.75, 3.05) is 38.1 Å². The molecule has 0 unspecified atom stereocenters. The fourth-order valence-electron chi connectivity index (χ4n) is 3.45. The summed E-state index contributed by atoms with van der Waals surface area (Å²) < 4.78 is 0. The van der Waals surface area contributed by atoms with Crippen LogP contribution in [0, 0.1) is 0 Å². The number of carbonyl (C=O) groups is 1. The van der Waals surface area contributed by atoms with Crippen molar-refractivity contribution in [1.82, 2.24) is 25.2 Å². The largest absolute Gasteiger partial charge is 0.368 e. The highest BCUT2D eigenvalue weighted by Gasteiger charge is 2.18. The quantitative estimate of drug-likeness (QED) is 0.676. The molecule has 0 aliphatic carbocycles. The normalized spacial score (nSPS) is 14.9. The number of amides is 1. The average Bonchev–Trinajstić information content (AvgIpc) is 2.75. The number of pyridine rings is 3. The second-order valence-electron chi connectivity index (χ2n) is 6.97. The van der Waals surface area contributed by atoms with Crippen LogP contribution in [0.4, 0.5) is 5.69 Å². The van der Waals surface area contributed by atoms with Gasteiger partial charge in [-0.2, -0.15) is 0 Å². The van der Waals surface area contributed by atoms with E-state index in [2.05, 4.69) is 30.1 Å². The maximum atomic E-state index is 11.7. The van der Waals surface area contributed by atoms with Gasteiger partial charge in [0.25, 0.3) is 11.5 Å². The Morgan fingerprint density at radius 2 is 1.97 bits per heavy atom. The molecule has 29 heavy (non-hydrogen) atoms. The summed E-state index contributed by atoms with van der Waals surface area (Å²) in [5.41, 5.74) is 3.54. The molecule has 0 spiro atoms. The van der Waals surface area contributed by atoms with Gasteiger partial charge in [0.15, 0.2) is 0 Å². The third kappa shape index (κ3) is 4.23. The molecule has 4 heterocycles. The monoisotopic (exact) mass is 412 g/mol. The molecule has 0 saturated carbocycles. The Morgan fingerprint density at radius 1 is 1.17 bits per heavy atom. The minimum absolute atomic E-state index is 0.145. The number of nitrogens with one attached hydrogen (secondary N) is 2. The minimum atomic E-state index is -0.303. The van der Waals surface area contributed by atoms with E-state index in [9.17, 15) is 9.59 Å². The van der Waals surface area contributed by atoms with Gasteiger partial charge >= 0.3 is 0 Å². The zero-order valence-electron chi connectivity index (χ0n) is 16.0. The summed E-state index contributed by atoms with van der Waals surface area (Å²) in [6.45, 7) is 4.29. The summed E-state index contributed by atoms with van der Waals surface area (Å²) in [4.78, 5) is 39.4. The van der Waals surface area contributed by atoms with Gasteiger partial charge in [-0.3, -0.25) is 19.5 Å². The Bertz CT molecular complexity index is 1090. The number of aromatic nitrogens is 3. The first kappa shape index (κ1) is 19.4. The lowest BCUT2D eigenvalue weighted by atomic mass is 10.2. The number of piperazine rings is 1. The van der Waals surface area contributed by atoms with Crippen LogP contribution >= 0.6 is 11.6 Å². The smallest absolute Gasteiger partial charge is 0.269 e. The molecule has 0 radical (unpaired) electrons. The van der Waals surface area contributed by atoms with Crippen molar-refractivity contribution in [1.29, 1.82) is 0 Å². The lowest BCUT2D eigenvalue weighted by molar-refractivity contribution is 0.0958. The summed E-state index contributed by atoms with van der Waals surface area (Å²) in [5.74, 6) is -0.186. The maximum absolute atomic E-state index is 11.7. The van der Waals surface area contributed by atoms with Gasteiger partial charge in [-0.15, -0.1) is 0 Å². The lowest BCUT2D eigenvalue weighted by Crippen LogP contribution is -2.46. The molecule has 8 nitrogen and oxygen atoms in total. The first-order chi connectivity index (χ1) is 14.0. The Morgan fingerprint density at radius 3 is 2.66 bits per heavy atom. The highest BCUT2D eigenvalue weighted by Crippen LogP contribution is 2.18. The van der Waals surface area contributed by atoms with Crippen LogP contribution in [0.5, 0.6) is 0 Å². The summed E-state index contributed by atoms with van der Waals surface area (Å²) in [6, 6.07) is 7.21. The van der Waals surface area contributed by atoms with Crippen LogP contribution in [-0.2, 0) is 6.54 Å². The number of fused-ring (bicyclic) bond motifs is 1. The average molecular weight is 413 g/mol. The molecule has 1 aliphatic rings. The number of rotatable bonds is 4. The summed E-state index contributed by atoms with van der Waals surface area (Å²) in [7, 11) is 1.59. The van der Waals surface area contributed by atoms with E-state index < -0.39 is 0 Å². The third-order valence-corrected chi connectivity index (χ3v) is 5.34. The van der Waals surface area contributed by atoms with E-state index in [4.69, 9.17) is 11.6 Å². The van der Waals surface area contributed by atoms with Crippen molar-refractivity contribution in [2.24, 2.45) is 0 Å². The first-order valence-corrected chi connectivity index (χ1v) is 9.74. The van der Waals surface area contributed by atoms with Crippen molar-refractivity contribution < 1.29 is 4.79 Å². The number of halogens is 1. The molecule has 1 amide bonds. The third-order valence-electron chi connectivity index (χ3n) is 5.05. The fourth-order valence-corrected chi connectivity index (χ4v) is 3.60. The number of nitrogens with zero attached hydrogens (tertiary/aromatic N) is 4. The molecule has 3 aromatic heterocycles. The number of anilines is 1. The lowest BCUT2D eigenvalue weighted by Gasteiger charge is -2.36. The van der Waals surface area contributed by atoms with E-state index in [0.717, 1.165) is 44.0 Å². The zero-order chi connectivity index (χ0) is 20.4. The maximum Gasteiger partial charge on any atom is 0.269 e. The van der Waals surface area contributed by atoms with Crippen LogP contribution in [0.1, 0.15) is 16.1 Å². The van der Waals surface area contributed by atoms with E-state index in [1.807, 2.05) is 18.3 Å². The molecule has 1 aliphatic heterocycles. The fraction of sp³-hybridized carbons (Fsp3) is 0.300. The van der Waals surface area contributed by atoms with E-state index in [0.29, 0.717) is 16.7 Å². The number of hydrogen-bond donors (Lipinski definition) is 2. The zero-order valence-corrected chi connectivity index (χ0v) is 16.7. The van der Waals surface area contributed by atoms with Crippen molar-refractivity contribution in [3.63, 3.8) is 0 Å². The summed E-state index contributed by atoms with van der Waals surface area (Å²) in [6.07, 6.45) is 3.57. The van der Waals surface area contributed by atoms with Gasteiger partial charge in [0.05, 0.1) is 22.9 Å². The first-order valence-electron chi connectivity index (χ1n) is 9.36. The minimum Gasteiger partial charge on any atom is -0.368 e. The highest BCUT2D eigenvalue weighted by molar-refractivity contribution is 6.30. The number of aromatic amines is 1. The topological polar surface area (TPSA) is 94.2 Å². The molecule has 1 fully saturated rings. The van der Waals surface area contributed by atoms with E-state index in [-0.39, 0.29) is 16.5 Å². The van der Waals surface area contributed by atoms with E-state index in [1.54, 1.807) is 25.4 Å². The van der Waals surface area contributed by atoms with Gasteiger partial charge in [-0.1, -0.05) is 11.6 Å². The van der Waals surface area contributed by atoms with Gasteiger partial charge in [0, 0.05) is 46.0 Å². The molecule has 0 atom stereocenters. The number of carbonyl (C=O) groups excluding carboxylic acids is 1. The van der Waals surface area contributed by atoms with Crippen LogP contribution in [0.15, 0.2) is 41.5 Å². The van der Waals surface area contributed by atoms with Crippen LogP contribution in [0.2, 0.25) is 5.02 Å². The standard InChI is InChI=1S/C20H21ClN6O2/c1-22-20(29)16-3-2-14(11-24-16)27-6-4-26(5-7-27)12-13-8-18-17(23-10-13)9-15(21)19(28)25-18/h2-3,8-11H,4-7,12H2,1H3,(H,22,29)(H,25,28). The molecule has 1 saturated heterocycles. The Kier molecular flexibility index (Phi) is 5.46. The van der Waals surface area contributed by atoms with Crippen LogP contribution in [0.3, 0.4) is 0 Å². The second kappa shape index (κ2) is 8.18. The van der Waals surface area contributed by atoms with Gasteiger partial charge in [0.1, 0.15) is 10.7 Å². The number of H-pyrrole nitrogens is 1. The van der Waals surface area contributed by atoms with Gasteiger partial charge in [0.2, 0.25) is 0 Å². The molecule has 3 aromatic rings. The van der Waals surface area contributed by atoms with Gasteiger partial charge in [-0.25, -0.2) is 4.98 Å². The van der Waals surface area contributed by atoms with Crippen molar-refractivity contribution in [3.8, 4) is 0 Å². The van der Waals surface area contributed by atoms with Crippen molar-refractivity contribution in [2.45, 2.75) is 6.54 Å². The van der Waals surface area contributed by atoms with Crippen molar-refractivity contribution in [3.05, 3.63) is 63.3 Å². The van der Waals surface area contributed by atoms with E-state index >= 15 is 0 Å². The van der Waals surface area contributed by atoms with E-state index in [1.165, 1.54) is 0 Å². The Labute approximate surface area is 172 Å². The molecular formula is C20H21ClN6O2. The Balaban J connectivity index is 1.38. The molecular weight excluding hydrogens is 392 g/mol. The summed E-state index contributed by atoms with van der Waals surface area (Å²) >= 11 is 5.86. The molecule has 150 valence electrons. The van der Waals surface area contributed by atoms with Crippen molar-refractivity contribution >= 4 is 34.2 Å². The summed E-state index contributed by atoms with van der Waals surface area (Å²) in [5, 5.41) is 2.72. The Hall–Kier alpha value is -2.97. The van der Waals surface area contributed by atoms with Crippen LogP contribution in [0.25, 0.3) is 11.0 Å². The second-order valence-corrected chi connectivity index (χ2v) is 7.37. The molecule has 0 aromatic carbocycles. The van der Waals surface area contributed by atoms with Gasteiger partial charge in [-0.05, 0) is 29.8 Å². The predicted octanol–water partition coefficient (Wildman–Crippen LogP) is 1.65. The molecule has 9 heteroatoms. The number of hydrogen-bond acceptors (Lipinski definition) is 6. The van der Waals surface area contributed by atoms with Gasteiger partial charge < -0.3 is 15.2 Å². The molecule has 0 bridgehead atoms. The highest BCUT2D eigenvalue weighted by atomic mass is 35.5. The predicted molar refractivity (Wildman–Crippen MR) is 112 cm³/mol. The SMILES string of the molecule is CNC(=O)c1ccc(N2CCN(Cc3cnc4cc(Cl)c(=O)[nH]c4c3)CC2)cn1. The molecule has 4 rings (SSSR count). The van der Waals surface area contributed by atoms with Crippen LogP contribution in [-0.4, -0.2) is 59.0 Å². The molecule has 2 N–H and O–H groups in total. The van der Waals surface area contributed by atoms with Crippen LogP contribution < -0.4 is 15.8 Å².